The van der Waals surface area contributed by atoms with E-state index < -0.39 is 5.82 Å². The minimum atomic E-state index is -0.636. The number of likely N-dealkylation sites (N-methyl/N-ethyl adjacent to an activating group) is 1. The average Bonchev–Trinajstić information content (AvgIpc) is 3.22. The SMILES string of the molecule is CN1CCN(c2cc(Nc3cc4c(cn3)cnn4-c3c(F)cc(C#N)cc3Cl)ncn2)CC1. The molecule has 9 nitrogen and oxygen atoms in total. The minimum absolute atomic E-state index is 0.0715. The molecule has 1 N–H and O–H groups in total. The normalized spacial score (nSPS) is 14.4. The molecule has 0 amide bonds. The second-order valence-electron chi connectivity index (χ2n) is 7.76. The Kier molecular flexibility index (Phi) is 5.50. The summed E-state index contributed by atoms with van der Waals surface area (Å²) < 4.78 is 16.1. The number of benzene rings is 1. The highest BCUT2D eigenvalue weighted by Crippen LogP contribution is 2.29. The zero-order chi connectivity index (χ0) is 22.9. The van der Waals surface area contributed by atoms with Crippen molar-refractivity contribution >= 4 is 40.0 Å². The van der Waals surface area contributed by atoms with Crippen LogP contribution in [0.25, 0.3) is 16.6 Å². The van der Waals surface area contributed by atoms with Gasteiger partial charge in [0.25, 0.3) is 0 Å². The summed E-state index contributed by atoms with van der Waals surface area (Å²) in [6.45, 7) is 3.74. The summed E-state index contributed by atoms with van der Waals surface area (Å²) in [4.78, 5) is 17.6. The molecule has 0 bridgehead atoms. The number of nitrogens with one attached hydrogen (secondary N) is 1. The molecule has 0 atom stereocenters. The first-order chi connectivity index (χ1) is 16.0. The predicted octanol–water partition coefficient (Wildman–Crippen LogP) is 3.37. The maximum absolute atomic E-state index is 14.7. The van der Waals surface area contributed by atoms with Crippen LogP contribution in [-0.4, -0.2) is 62.9 Å². The zero-order valence-electron chi connectivity index (χ0n) is 17.7. The third-order valence-corrected chi connectivity index (χ3v) is 5.83. The molecule has 1 aliphatic rings. The fraction of sp³-hybridized carbons (Fsp3) is 0.227. The van der Waals surface area contributed by atoms with Gasteiger partial charge in [-0.15, -0.1) is 0 Å². The lowest BCUT2D eigenvalue weighted by Gasteiger charge is -2.33. The second-order valence-corrected chi connectivity index (χ2v) is 8.17. The smallest absolute Gasteiger partial charge is 0.151 e. The Labute approximate surface area is 194 Å². The number of hydrogen-bond acceptors (Lipinski definition) is 8. The van der Waals surface area contributed by atoms with Crippen molar-refractivity contribution in [3.63, 3.8) is 0 Å². The van der Waals surface area contributed by atoms with Gasteiger partial charge < -0.3 is 15.1 Å². The van der Waals surface area contributed by atoms with Crippen LogP contribution in [0, 0.1) is 17.1 Å². The van der Waals surface area contributed by atoms with Crippen LogP contribution in [-0.2, 0) is 0 Å². The van der Waals surface area contributed by atoms with E-state index in [-0.39, 0.29) is 16.3 Å². The molecule has 0 radical (unpaired) electrons. The van der Waals surface area contributed by atoms with Gasteiger partial charge in [-0.3, -0.25) is 0 Å². The fourth-order valence-electron chi connectivity index (χ4n) is 3.75. The van der Waals surface area contributed by atoms with E-state index in [0.29, 0.717) is 22.5 Å². The van der Waals surface area contributed by atoms with Crippen LogP contribution in [0.15, 0.2) is 43.0 Å². The topological polar surface area (TPSA) is 98.8 Å². The first-order valence-electron chi connectivity index (χ1n) is 10.3. The van der Waals surface area contributed by atoms with Crippen molar-refractivity contribution < 1.29 is 4.39 Å². The molecule has 0 spiro atoms. The highest BCUT2D eigenvalue weighted by molar-refractivity contribution is 6.32. The van der Waals surface area contributed by atoms with Gasteiger partial charge in [-0.2, -0.15) is 10.4 Å². The van der Waals surface area contributed by atoms with Gasteiger partial charge in [0.15, 0.2) is 5.82 Å². The molecule has 0 saturated carbocycles. The lowest BCUT2D eigenvalue weighted by molar-refractivity contribution is 0.312. The standard InChI is InChI=1S/C22H19ClFN9/c1-31-2-4-32(5-3-31)21-9-20(27-13-28-21)30-19-8-18-15(11-26-19)12-29-33(18)22-16(23)6-14(10-25)7-17(22)24/h6-9,11-13H,2-5H2,1H3,(H,26,27,28,30). The second kappa shape index (κ2) is 8.61. The molecular weight excluding hydrogens is 445 g/mol. The molecule has 5 rings (SSSR count). The summed E-state index contributed by atoms with van der Waals surface area (Å²) in [6.07, 6.45) is 4.74. The number of nitriles is 1. The van der Waals surface area contributed by atoms with E-state index in [2.05, 4.69) is 42.2 Å². The monoisotopic (exact) mass is 463 g/mol. The maximum atomic E-state index is 14.7. The van der Waals surface area contributed by atoms with Gasteiger partial charge in [0.05, 0.1) is 28.4 Å². The van der Waals surface area contributed by atoms with E-state index in [9.17, 15) is 4.39 Å². The van der Waals surface area contributed by atoms with Crippen molar-refractivity contribution in [3.8, 4) is 11.8 Å². The number of halogens is 2. The van der Waals surface area contributed by atoms with Gasteiger partial charge in [-0.05, 0) is 19.2 Å². The molecule has 166 valence electrons. The number of hydrogen-bond donors (Lipinski definition) is 1. The Morgan fingerprint density at radius 3 is 2.58 bits per heavy atom. The van der Waals surface area contributed by atoms with Crippen LogP contribution in [0.5, 0.6) is 0 Å². The van der Waals surface area contributed by atoms with Crippen molar-refractivity contribution in [2.45, 2.75) is 0 Å². The Hall–Kier alpha value is -3.81. The fourth-order valence-corrected chi connectivity index (χ4v) is 4.04. The number of aromatic nitrogens is 5. The summed E-state index contributed by atoms with van der Waals surface area (Å²) in [7, 11) is 2.10. The molecule has 0 unspecified atom stereocenters. The molecule has 33 heavy (non-hydrogen) atoms. The number of anilines is 3. The minimum Gasteiger partial charge on any atom is -0.354 e. The number of fused-ring (bicyclic) bond motifs is 1. The molecule has 1 aliphatic heterocycles. The molecule has 3 aromatic heterocycles. The van der Waals surface area contributed by atoms with Crippen molar-refractivity contribution in [2.24, 2.45) is 0 Å². The van der Waals surface area contributed by atoms with E-state index in [1.165, 1.54) is 17.1 Å². The number of nitrogens with zero attached hydrogens (tertiary/aromatic N) is 8. The lowest BCUT2D eigenvalue weighted by Crippen LogP contribution is -2.44. The van der Waals surface area contributed by atoms with E-state index in [1.807, 2.05) is 12.1 Å². The molecular formula is C22H19ClFN9. The highest BCUT2D eigenvalue weighted by atomic mass is 35.5. The molecule has 1 saturated heterocycles. The first-order valence-corrected chi connectivity index (χ1v) is 10.7. The summed E-state index contributed by atoms with van der Waals surface area (Å²) in [6, 6.07) is 8.06. The van der Waals surface area contributed by atoms with E-state index in [0.717, 1.165) is 38.1 Å². The quantitative estimate of drug-likeness (QED) is 0.492. The first kappa shape index (κ1) is 21.1. The number of pyridine rings is 1. The molecule has 1 aromatic carbocycles. The third-order valence-electron chi connectivity index (χ3n) is 5.55. The van der Waals surface area contributed by atoms with Crippen LogP contribution in [0.1, 0.15) is 5.56 Å². The van der Waals surface area contributed by atoms with Crippen LogP contribution >= 0.6 is 11.6 Å². The van der Waals surface area contributed by atoms with Crippen LogP contribution in [0.3, 0.4) is 0 Å². The van der Waals surface area contributed by atoms with Gasteiger partial charge in [0.1, 0.15) is 29.5 Å². The van der Waals surface area contributed by atoms with Crippen molar-refractivity contribution in [1.82, 2.24) is 29.6 Å². The third kappa shape index (κ3) is 4.16. The zero-order valence-corrected chi connectivity index (χ0v) is 18.5. The summed E-state index contributed by atoms with van der Waals surface area (Å²) >= 11 is 6.27. The number of rotatable bonds is 4. The van der Waals surface area contributed by atoms with Gasteiger partial charge in [0.2, 0.25) is 0 Å². The Morgan fingerprint density at radius 2 is 1.82 bits per heavy atom. The van der Waals surface area contributed by atoms with Gasteiger partial charge in [-0.1, -0.05) is 11.6 Å². The highest BCUT2D eigenvalue weighted by Gasteiger charge is 2.18. The average molecular weight is 464 g/mol. The van der Waals surface area contributed by atoms with Crippen molar-refractivity contribution in [2.75, 3.05) is 43.4 Å². The van der Waals surface area contributed by atoms with Gasteiger partial charge >= 0.3 is 0 Å². The number of piperazine rings is 1. The largest absolute Gasteiger partial charge is 0.354 e. The van der Waals surface area contributed by atoms with Gasteiger partial charge in [0, 0.05) is 49.9 Å². The van der Waals surface area contributed by atoms with Crippen molar-refractivity contribution in [3.05, 3.63) is 59.4 Å². The Bertz CT molecular complexity index is 1350. The molecule has 4 aromatic rings. The summed E-state index contributed by atoms with van der Waals surface area (Å²) in [5, 5.41) is 17.3. The molecule has 11 heteroatoms. The summed E-state index contributed by atoms with van der Waals surface area (Å²) in [5.74, 6) is 1.32. The van der Waals surface area contributed by atoms with Gasteiger partial charge in [-0.25, -0.2) is 24.0 Å². The van der Waals surface area contributed by atoms with E-state index in [1.54, 1.807) is 18.5 Å². The molecule has 1 fully saturated rings. The summed E-state index contributed by atoms with van der Waals surface area (Å²) in [5.41, 5.74) is 0.815. The Morgan fingerprint density at radius 1 is 1.03 bits per heavy atom. The lowest BCUT2D eigenvalue weighted by atomic mass is 10.2. The van der Waals surface area contributed by atoms with Crippen molar-refractivity contribution in [1.29, 1.82) is 5.26 Å². The molecule has 4 heterocycles. The van der Waals surface area contributed by atoms with Crippen LogP contribution in [0.2, 0.25) is 5.02 Å². The Balaban J connectivity index is 1.46. The molecule has 0 aliphatic carbocycles. The van der Waals surface area contributed by atoms with E-state index in [4.69, 9.17) is 16.9 Å². The van der Waals surface area contributed by atoms with E-state index >= 15 is 0 Å². The van der Waals surface area contributed by atoms with Crippen LogP contribution < -0.4 is 10.2 Å². The predicted molar refractivity (Wildman–Crippen MR) is 124 cm³/mol. The maximum Gasteiger partial charge on any atom is 0.151 e. The van der Waals surface area contributed by atoms with Crippen LogP contribution in [0.4, 0.5) is 21.8 Å².